The van der Waals surface area contributed by atoms with E-state index in [1.807, 2.05) is 12.1 Å². The van der Waals surface area contributed by atoms with Crippen molar-refractivity contribution in [3.8, 4) is 0 Å². The van der Waals surface area contributed by atoms with Crippen LogP contribution >= 0.6 is 0 Å². The first-order valence-corrected chi connectivity index (χ1v) is 12.0. The molecule has 0 saturated carbocycles. The highest BCUT2D eigenvalue weighted by Gasteiger charge is 2.23. The van der Waals surface area contributed by atoms with Gasteiger partial charge in [-0.2, -0.15) is 0 Å². The fourth-order valence-corrected chi connectivity index (χ4v) is 4.43. The van der Waals surface area contributed by atoms with Crippen molar-refractivity contribution in [1.29, 1.82) is 0 Å². The number of nitrogens with zero attached hydrogens (tertiary/aromatic N) is 3. The summed E-state index contributed by atoms with van der Waals surface area (Å²) >= 11 is 0. The molecule has 2 N–H and O–H groups in total. The molecule has 4 rings (SSSR count). The first-order valence-electron chi connectivity index (χ1n) is 12.0. The molecule has 174 valence electrons. The van der Waals surface area contributed by atoms with Crippen LogP contribution in [0.15, 0.2) is 58.1 Å². The molecule has 1 unspecified atom stereocenters. The number of ether oxygens (including phenoxy) is 1. The highest BCUT2D eigenvalue weighted by Crippen LogP contribution is 2.25. The van der Waals surface area contributed by atoms with Crippen molar-refractivity contribution in [3.05, 3.63) is 60.1 Å². The number of likely N-dealkylation sites (tertiary alicyclic amines) is 1. The average molecular weight is 440 g/mol. The number of nitrogens with one attached hydrogen (secondary N) is 2. The number of aliphatic imine (C=N–C) groups is 1. The molecule has 0 bridgehead atoms. The lowest BCUT2D eigenvalue weighted by atomic mass is 10.1. The Morgan fingerprint density at radius 1 is 0.938 bits per heavy atom. The lowest BCUT2D eigenvalue weighted by Crippen LogP contribution is -2.45. The SMILES string of the molecule is c1ccc(C(CN=C(NCCc2ccco2)NCCN2CCOCC2)N2CCCC2)cc1. The van der Waals surface area contributed by atoms with E-state index in [9.17, 15) is 0 Å². The van der Waals surface area contributed by atoms with Crippen molar-refractivity contribution >= 4 is 5.96 Å². The summed E-state index contributed by atoms with van der Waals surface area (Å²) in [6.07, 6.45) is 5.12. The minimum Gasteiger partial charge on any atom is -0.469 e. The molecule has 2 aliphatic heterocycles. The van der Waals surface area contributed by atoms with E-state index in [2.05, 4.69) is 50.8 Å². The second-order valence-electron chi connectivity index (χ2n) is 8.50. The number of hydrogen-bond donors (Lipinski definition) is 2. The van der Waals surface area contributed by atoms with Gasteiger partial charge in [-0.25, -0.2) is 0 Å². The number of hydrogen-bond acceptors (Lipinski definition) is 5. The van der Waals surface area contributed by atoms with Crippen LogP contribution in [0, 0.1) is 0 Å². The highest BCUT2D eigenvalue weighted by atomic mass is 16.5. The van der Waals surface area contributed by atoms with Gasteiger partial charge in [0.2, 0.25) is 0 Å². The Hall–Kier alpha value is -2.35. The van der Waals surface area contributed by atoms with Gasteiger partial charge in [-0.05, 0) is 43.6 Å². The van der Waals surface area contributed by atoms with Crippen molar-refractivity contribution < 1.29 is 9.15 Å². The summed E-state index contributed by atoms with van der Waals surface area (Å²) in [6, 6.07) is 15.1. The van der Waals surface area contributed by atoms with Gasteiger partial charge in [0.05, 0.1) is 32.1 Å². The van der Waals surface area contributed by atoms with Crippen LogP contribution in [-0.2, 0) is 11.2 Å². The summed E-state index contributed by atoms with van der Waals surface area (Å²) in [6.45, 7) is 9.38. The molecular formula is C25H37N5O2. The second kappa shape index (κ2) is 12.6. The highest BCUT2D eigenvalue weighted by molar-refractivity contribution is 5.79. The molecule has 7 heteroatoms. The molecule has 0 radical (unpaired) electrons. The third-order valence-corrected chi connectivity index (χ3v) is 6.26. The molecule has 32 heavy (non-hydrogen) atoms. The minimum atomic E-state index is 0.321. The predicted molar refractivity (Wildman–Crippen MR) is 128 cm³/mol. The number of morpholine rings is 1. The Kier molecular flexibility index (Phi) is 9.01. The molecule has 1 aromatic heterocycles. The van der Waals surface area contributed by atoms with E-state index in [0.717, 1.165) is 83.7 Å². The fraction of sp³-hybridized carbons (Fsp3) is 0.560. The zero-order chi connectivity index (χ0) is 21.8. The van der Waals surface area contributed by atoms with Gasteiger partial charge in [0.25, 0.3) is 0 Å². The molecule has 2 saturated heterocycles. The zero-order valence-corrected chi connectivity index (χ0v) is 19.0. The molecule has 7 nitrogen and oxygen atoms in total. The molecule has 0 amide bonds. The summed E-state index contributed by atoms with van der Waals surface area (Å²) in [5, 5.41) is 7.06. The summed E-state index contributed by atoms with van der Waals surface area (Å²) in [4.78, 5) is 10.0. The lowest BCUT2D eigenvalue weighted by Gasteiger charge is -2.28. The topological polar surface area (TPSA) is 65.3 Å². The molecule has 1 aromatic carbocycles. The maximum Gasteiger partial charge on any atom is 0.191 e. The smallest absolute Gasteiger partial charge is 0.191 e. The van der Waals surface area contributed by atoms with E-state index in [1.165, 1.54) is 18.4 Å². The molecular weight excluding hydrogens is 402 g/mol. The lowest BCUT2D eigenvalue weighted by molar-refractivity contribution is 0.0389. The van der Waals surface area contributed by atoms with Gasteiger partial charge in [-0.3, -0.25) is 14.8 Å². The third-order valence-electron chi connectivity index (χ3n) is 6.26. The summed E-state index contributed by atoms with van der Waals surface area (Å²) in [5.74, 6) is 1.87. The Morgan fingerprint density at radius 3 is 2.47 bits per heavy atom. The quantitative estimate of drug-likeness (QED) is 0.438. The van der Waals surface area contributed by atoms with Crippen LogP contribution in [0.4, 0.5) is 0 Å². The van der Waals surface area contributed by atoms with Crippen molar-refractivity contribution in [3.63, 3.8) is 0 Å². The molecule has 0 spiro atoms. The van der Waals surface area contributed by atoms with Crippen LogP contribution in [0.2, 0.25) is 0 Å². The molecule has 3 heterocycles. The third kappa shape index (κ3) is 7.08. The normalized spacial score (nSPS) is 19.2. The van der Waals surface area contributed by atoms with Crippen LogP contribution in [0.25, 0.3) is 0 Å². The number of rotatable bonds is 10. The monoisotopic (exact) mass is 439 g/mol. The van der Waals surface area contributed by atoms with E-state index in [-0.39, 0.29) is 0 Å². The molecule has 0 aliphatic carbocycles. The minimum absolute atomic E-state index is 0.321. The van der Waals surface area contributed by atoms with E-state index in [4.69, 9.17) is 14.1 Å². The molecule has 1 atom stereocenters. The zero-order valence-electron chi connectivity index (χ0n) is 19.0. The summed E-state index contributed by atoms with van der Waals surface area (Å²) < 4.78 is 10.9. The van der Waals surface area contributed by atoms with Gasteiger partial charge in [-0.15, -0.1) is 0 Å². The van der Waals surface area contributed by atoms with Crippen LogP contribution in [0.1, 0.15) is 30.2 Å². The summed E-state index contributed by atoms with van der Waals surface area (Å²) in [5.41, 5.74) is 1.35. The van der Waals surface area contributed by atoms with Gasteiger partial charge >= 0.3 is 0 Å². The van der Waals surface area contributed by atoms with Crippen LogP contribution in [0.3, 0.4) is 0 Å². The van der Waals surface area contributed by atoms with E-state index in [0.29, 0.717) is 6.04 Å². The standard InChI is InChI=1S/C25H37N5O2/c1-2-7-22(8-3-1)24(30-13-4-5-14-30)21-28-25(26-11-10-23-9-6-18-32-23)27-12-15-29-16-19-31-20-17-29/h1-3,6-9,18,24H,4-5,10-17,19-21H2,(H2,26,27,28). The van der Waals surface area contributed by atoms with Gasteiger partial charge in [0.15, 0.2) is 5.96 Å². The van der Waals surface area contributed by atoms with Gasteiger partial charge in [0.1, 0.15) is 5.76 Å². The largest absolute Gasteiger partial charge is 0.469 e. The van der Waals surface area contributed by atoms with Crippen molar-refractivity contribution in [1.82, 2.24) is 20.4 Å². The molecule has 2 aromatic rings. The number of benzene rings is 1. The van der Waals surface area contributed by atoms with Gasteiger partial charge in [-0.1, -0.05) is 30.3 Å². The fourth-order valence-electron chi connectivity index (χ4n) is 4.43. The van der Waals surface area contributed by atoms with Crippen molar-refractivity contribution in [2.24, 2.45) is 4.99 Å². The predicted octanol–water partition coefficient (Wildman–Crippen LogP) is 2.53. The van der Waals surface area contributed by atoms with Crippen LogP contribution in [0.5, 0.6) is 0 Å². The number of guanidine groups is 1. The van der Waals surface area contributed by atoms with Crippen molar-refractivity contribution in [2.75, 3.05) is 65.6 Å². The average Bonchev–Trinajstić information content (AvgIpc) is 3.55. The first kappa shape index (κ1) is 22.8. The Labute approximate surface area is 191 Å². The van der Waals surface area contributed by atoms with E-state index < -0.39 is 0 Å². The summed E-state index contributed by atoms with van der Waals surface area (Å²) in [7, 11) is 0. The Morgan fingerprint density at radius 2 is 1.72 bits per heavy atom. The van der Waals surface area contributed by atoms with Gasteiger partial charge in [0, 0.05) is 39.1 Å². The Balaban J connectivity index is 1.37. The molecule has 2 aliphatic rings. The van der Waals surface area contributed by atoms with E-state index >= 15 is 0 Å². The van der Waals surface area contributed by atoms with E-state index in [1.54, 1.807) is 6.26 Å². The Bertz CT molecular complexity index is 784. The first-order chi connectivity index (χ1) is 15.9. The van der Waals surface area contributed by atoms with Crippen LogP contribution in [-0.4, -0.2) is 81.3 Å². The van der Waals surface area contributed by atoms with Crippen LogP contribution < -0.4 is 10.6 Å². The number of furan rings is 1. The van der Waals surface area contributed by atoms with Gasteiger partial charge < -0.3 is 19.8 Å². The maximum atomic E-state index is 5.47. The molecule has 2 fully saturated rings. The van der Waals surface area contributed by atoms with Crippen molar-refractivity contribution in [2.45, 2.75) is 25.3 Å². The maximum absolute atomic E-state index is 5.47. The second-order valence-corrected chi connectivity index (χ2v) is 8.50.